The molecule has 1 amide bonds. The Morgan fingerprint density at radius 2 is 2.02 bits per heavy atom. The van der Waals surface area contributed by atoms with Crippen LogP contribution in [0.3, 0.4) is 0 Å². The van der Waals surface area contributed by atoms with Gasteiger partial charge in [-0.05, 0) is 74.6 Å². The molecule has 0 bridgehead atoms. The first-order valence-electron chi connectivity index (χ1n) is 13.2. The minimum Gasteiger partial charge on any atom is -0.367 e. The Kier molecular flexibility index (Phi) is 6.93. The van der Waals surface area contributed by atoms with Crippen LogP contribution in [0.1, 0.15) is 37.3 Å². The molecule has 3 heterocycles. The lowest BCUT2D eigenvalue weighted by Gasteiger charge is -2.37. The van der Waals surface area contributed by atoms with Gasteiger partial charge in [0.1, 0.15) is 35.0 Å². The van der Waals surface area contributed by atoms with E-state index in [4.69, 9.17) is 4.98 Å². The molecular formula is C29H28F2N8O. The summed E-state index contributed by atoms with van der Waals surface area (Å²) in [5.41, 5.74) is 4.00. The van der Waals surface area contributed by atoms with Crippen LogP contribution in [0.4, 0.5) is 14.5 Å². The number of fused-ring (bicyclic) bond motifs is 1. The first-order chi connectivity index (χ1) is 19.5. The number of halogens is 2. The van der Waals surface area contributed by atoms with Crippen molar-refractivity contribution in [1.82, 2.24) is 34.6 Å². The van der Waals surface area contributed by atoms with E-state index in [2.05, 4.69) is 30.0 Å². The summed E-state index contributed by atoms with van der Waals surface area (Å²) in [6.45, 7) is 2.11. The van der Waals surface area contributed by atoms with Gasteiger partial charge in [-0.2, -0.15) is 5.10 Å². The molecule has 6 rings (SSSR count). The highest BCUT2D eigenvalue weighted by Crippen LogP contribution is 2.38. The number of aromatic amines is 1. The molecule has 0 aliphatic heterocycles. The number of carbonyl (C=O) groups excluding carboxylic acids is 1. The Morgan fingerprint density at radius 3 is 2.80 bits per heavy atom. The summed E-state index contributed by atoms with van der Waals surface area (Å²) >= 11 is 0. The molecule has 1 saturated carbocycles. The van der Waals surface area contributed by atoms with Crippen molar-refractivity contribution in [3.63, 3.8) is 0 Å². The number of amides is 1. The number of rotatable bonds is 8. The third-order valence-electron chi connectivity index (χ3n) is 7.58. The van der Waals surface area contributed by atoms with Gasteiger partial charge in [0.25, 0.3) is 0 Å². The summed E-state index contributed by atoms with van der Waals surface area (Å²) in [5, 5.41) is 10.0. The van der Waals surface area contributed by atoms with E-state index in [1.165, 1.54) is 24.5 Å². The van der Waals surface area contributed by atoms with Gasteiger partial charge in [-0.3, -0.25) is 14.9 Å². The molecule has 3 aromatic heterocycles. The van der Waals surface area contributed by atoms with Crippen molar-refractivity contribution in [2.45, 2.75) is 44.7 Å². The summed E-state index contributed by atoms with van der Waals surface area (Å²) in [6, 6.07) is 12.9. The molecule has 0 saturated heterocycles. The zero-order valence-corrected chi connectivity index (χ0v) is 21.9. The first kappa shape index (κ1) is 25.6. The van der Waals surface area contributed by atoms with Gasteiger partial charge in [0, 0.05) is 17.8 Å². The quantitative estimate of drug-likeness (QED) is 0.199. The number of imidazole rings is 1. The maximum atomic E-state index is 15.1. The van der Waals surface area contributed by atoms with Gasteiger partial charge >= 0.3 is 0 Å². The van der Waals surface area contributed by atoms with Crippen molar-refractivity contribution in [3.8, 4) is 22.9 Å². The summed E-state index contributed by atoms with van der Waals surface area (Å²) in [4.78, 5) is 27.5. The predicted molar refractivity (Wildman–Crippen MR) is 147 cm³/mol. The second-order valence-electron chi connectivity index (χ2n) is 10.1. The van der Waals surface area contributed by atoms with Crippen LogP contribution >= 0.6 is 0 Å². The fourth-order valence-corrected chi connectivity index (χ4v) is 5.59. The Hall–Kier alpha value is -4.67. The number of hydrogen-bond acceptors (Lipinski definition) is 6. The fourth-order valence-electron chi connectivity index (χ4n) is 5.59. The minimum absolute atomic E-state index is 0.0432. The second kappa shape index (κ2) is 10.8. The Morgan fingerprint density at radius 1 is 1.15 bits per heavy atom. The highest BCUT2D eigenvalue weighted by atomic mass is 19.1. The van der Waals surface area contributed by atoms with Gasteiger partial charge < -0.3 is 14.8 Å². The van der Waals surface area contributed by atoms with Crippen LogP contribution in [0.15, 0.2) is 61.1 Å². The second-order valence-corrected chi connectivity index (χ2v) is 10.1. The number of nitrogens with one attached hydrogen (secondary N) is 2. The number of H-pyrrole nitrogens is 1. The third kappa shape index (κ3) is 4.90. The molecule has 40 heavy (non-hydrogen) atoms. The smallest absolute Gasteiger partial charge is 0.211 e. The van der Waals surface area contributed by atoms with E-state index >= 15 is 4.39 Å². The normalized spacial score (nSPS) is 17.2. The molecule has 5 aromatic rings. The number of anilines is 1. The zero-order valence-electron chi connectivity index (χ0n) is 21.9. The van der Waals surface area contributed by atoms with Crippen molar-refractivity contribution < 1.29 is 13.6 Å². The number of pyridine rings is 1. The number of hydrogen-bond donors (Lipinski definition) is 2. The van der Waals surface area contributed by atoms with Gasteiger partial charge in [0.2, 0.25) is 6.41 Å². The number of aryl methyl sites for hydroxylation is 1. The summed E-state index contributed by atoms with van der Waals surface area (Å²) in [7, 11) is 0. The van der Waals surface area contributed by atoms with Gasteiger partial charge in [0.05, 0.1) is 23.9 Å². The van der Waals surface area contributed by atoms with Crippen LogP contribution < -0.4 is 5.32 Å². The Balaban J connectivity index is 1.35. The summed E-state index contributed by atoms with van der Waals surface area (Å²) in [5.74, 6) is 0.388. The van der Waals surface area contributed by atoms with Crippen LogP contribution in [0.25, 0.3) is 33.9 Å². The van der Waals surface area contributed by atoms with Gasteiger partial charge in [0.15, 0.2) is 5.82 Å². The van der Waals surface area contributed by atoms with E-state index < -0.39 is 0 Å². The summed E-state index contributed by atoms with van der Waals surface area (Å²) in [6.07, 6.45) is 7.17. The third-order valence-corrected chi connectivity index (χ3v) is 7.58. The van der Waals surface area contributed by atoms with Gasteiger partial charge in [-0.25, -0.2) is 18.7 Å². The molecule has 204 valence electrons. The maximum absolute atomic E-state index is 15.1. The maximum Gasteiger partial charge on any atom is 0.211 e. The van der Waals surface area contributed by atoms with E-state index in [1.54, 1.807) is 35.4 Å². The van der Waals surface area contributed by atoms with Crippen molar-refractivity contribution in [3.05, 3.63) is 78.3 Å². The molecule has 9 nitrogen and oxygen atoms in total. The molecule has 0 spiro atoms. The van der Waals surface area contributed by atoms with Crippen LogP contribution in [-0.2, 0) is 4.79 Å². The van der Waals surface area contributed by atoms with Crippen molar-refractivity contribution in [2.75, 3.05) is 12.0 Å². The van der Waals surface area contributed by atoms with Gasteiger partial charge in [-0.15, -0.1) is 0 Å². The lowest BCUT2D eigenvalue weighted by molar-refractivity contribution is -0.120. The van der Waals surface area contributed by atoms with E-state index in [1.807, 2.05) is 13.0 Å². The molecule has 2 N–H and O–H groups in total. The molecule has 2 unspecified atom stereocenters. The van der Waals surface area contributed by atoms with Crippen molar-refractivity contribution in [2.24, 2.45) is 0 Å². The molecule has 1 aliphatic rings. The number of carbonyl (C=O) groups is 1. The van der Waals surface area contributed by atoms with Gasteiger partial charge in [-0.1, -0.05) is 12.1 Å². The Labute approximate surface area is 229 Å². The first-order valence-corrected chi connectivity index (χ1v) is 13.2. The monoisotopic (exact) mass is 542 g/mol. The molecular weight excluding hydrogens is 514 g/mol. The standard InChI is InChI=1S/C29H28F2N8O/c1-18-11-19(30)9-10-24(18)34-16-38(17-40)20-5-4-6-21(12-20)39-27-13-25(28-33-15-35-37-28)32-14-26(27)36-29(39)22-7-2-3-8-23(22)31/h2-3,7-11,13-15,17,20-21,34H,4-6,12,16H2,1H3,(H,33,35,37). The van der Waals surface area contributed by atoms with E-state index in [9.17, 15) is 9.18 Å². The molecule has 0 radical (unpaired) electrons. The van der Waals surface area contributed by atoms with Crippen LogP contribution in [0.5, 0.6) is 0 Å². The Bertz CT molecular complexity index is 1650. The topological polar surface area (TPSA) is 105 Å². The average Bonchev–Trinajstić information content (AvgIpc) is 3.63. The largest absolute Gasteiger partial charge is 0.367 e. The summed E-state index contributed by atoms with van der Waals surface area (Å²) < 4.78 is 30.7. The number of nitrogens with zero attached hydrogens (tertiary/aromatic N) is 6. The lowest BCUT2D eigenvalue weighted by Crippen LogP contribution is -2.41. The van der Waals surface area contributed by atoms with Crippen LogP contribution in [-0.4, -0.2) is 53.7 Å². The van der Waals surface area contributed by atoms with Crippen LogP contribution in [0.2, 0.25) is 0 Å². The van der Waals surface area contributed by atoms with Crippen molar-refractivity contribution >= 4 is 23.1 Å². The zero-order chi connectivity index (χ0) is 27.6. The molecule has 2 atom stereocenters. The van der Waals surface area contributed by atoms with E-state index in [-0.39, 0.29) is 30.4 Å². The molecule has 11 heteroatoms. The number of benzene rings is 2. The average molecular weight is 543 g/mol. The van der Waals surface area contributed by atoms with Crippen LogP contribution in [0, 0.1) is 18.6 Å². The number of aromatic nitrogens is 6. The lowest BCUT2D eigenvalue weighted by atomic mass is 9.89. The molecule has 1 fully saturated rings. The molecule has 1 aliphatic carbocycles. The highest BCUT2D eigenvalue weighted by molar-refractivity contribution is 5.83. The fraction of sp³-hybridized carbons (Fsp3) is 0.276. The SMILES string of the molecule is Cc1cc(F)ccc1NCN(C=O)C1CCCC(n2c(-c3ccccc3F)nc3cnc(-c4ncn[nH]4)cc32)C1. The molecule has 2 aromatic carbocycles. The van der Waals surface area contributed by atoms with Crippen molar-refractivity contribution in [1.29, 1.82) is 0 Å². The van der Waals surface area contributed by atoms with E-state index in [0.717, 1.165) is 42.4 Å². The van der Waals surface area contributed by atoms with E-state index in [0.29, 0.717) is 34.8 Å². The predicted octanol–water partition coefficient (Wildman–Crippen LogP) is 5.48. The minimum atomic E-state index is -0.358. The highest BCUT2D eigenvalue weighted by Gasteiger charge is 2.31.